The molecule has 19 heavy (non-hydrogen) atoms. The number of β-amino-alcohol motifs (C(OH)–C–C–N with tert-alkyl or cyclic N) is 1. The largest absolute Gasteiger partial charge is 0.418 e. The molecule has 0 spiro atoms. The van der Waals surface area contributed by atoms with Gasteiger partial charge in [0, 0.05) is 12.5 Å². The number of halogens is 3. The van der Waals surface area contributed by atoms with Gasteiger partial charge in [-0.15, -0.1) is 0 Å². The third-order valence-corrected chi connectivity index (χ3v) is 4.22. The van der Waals surface area contributed by atoms with Gasteiger partial charge in [0.25, 0.3) is 0 Å². The third kappa shape index (κ3) is 2.72. The van der Waals surface area contributed by atoms with Gasteiger partial charge in [0.05, 0.1) is 6.54 Å². The van der Waals surface area contributed by atoms with Crippen molar-refractivity contribution >= 4 is 5.91 Å². The number of rotatable bonds is 2. The molecule has 4 nitrogen and oxygen atoms in total. The monoisotopic (exact) mass is 280 g/mol. The molecule has 2 atom stereocenters. The smallest absolute Gasteiger partial charge is 0.379 e. The van der Waals surface area contributed by atoms with Gasteiger partial charge in [-0.25, -0.2) is 0 Å². The summed E-state index contributed by atoms with van der Waals surface area (Å²) < 4.78 is 38.4. The zero-order valence-electron chi connectivity index (χ0n) is 10.8. The fourth-order valence-corrected chi connectivity index (χ4v) is 2.61. The molecule has 110 valence electrons. The van der Waals surface area contributed by atoms with Crippen molar-refractivity contribution in [2.75, 3.05) is 26.2 Å². The van der Waals surface area contributed by atoms with Gasteiger partial charge in [-0.3, -0.25) is 4.79 Å². The molecule has 2 aliphatic heterocycles. The highest BCUT2D eigenvalue weighted by Gasteiger charge is 2.56. The van der Waals surface area contributed by atoms with Crippen LogP contribution in [0.5, 0.6) is 0 Å². The number of alkyl halides is 3. The van der Waals surface area contributed by atoms with E-state index in [1.54, 1.807) is 6.92 Å². The van der Waals surface area contributed by atoms with E-state index < -0.39 is 18.3 Å². The lowest BCUT2D eigenvalue weighted by Crippen LogP contribution is -2.60. The zero-order chi connectivity index (χ0) is 14.3. The predicted molar refractivity (Wildman–Crippen MR) is 62.3 cm³/mol. The number of hydrogen-bond acceptors (Lipinski definition) is 3. The van der Waals surface area contributed by atoms with Gasteiger partial charge in [-0.2, -0.15) is 13.2 Å². The number of carbonyl (C=O) groups excluding carboxylic acids is 1. The second-order valence-corrected chi connectivity index (χ2v) is 5.60. The lowest BCUT2D eigenvalue weighted by molar-refractivity contribution is -0.273. The maximum absolute atomic E-state index is 12.8. The molecule has 0 saturated carbocycles. The summed E-state index contributed by atoms with van der Waals surface area (Å²) in [4.78, 5) is 13.3. The SMILES string of the molecule is CC(C(=O)N1CCCC(O)(C(F)(F)F)C1)C1CNC1. The van der Waals surface area contributed by atoms with Gasteiger partial charge in [0.1, 0.15) is 0 Å². The normalized spacial score (nSPS) is 30.9. The first kappa shape index (κ1) is 14.6. The van der Waals surface area contributed by atoms with E-state index in [1.165, 1.54) is 4.90 Å². The van der Waals surface area contributed by atoms with Crippen LogP contribution in [0.15, 0.2) is 0 Å². The lowest BCUT2D eigenvalue weighted by atomic mass is 9.86. The molecule has 0 aromatic heterocycles. The highest BCUT2D eigenvalue weighted by molar-refractivity contribution is 5.79. The van der Waals surface area contributed by atoms with Crippen molar-refractivity contribution in [2.45, 2.75) is 31.5 Å². The first-order valence-electron chi connectivity index (χ1n) is 6.53. The molecule has 0 bridgehead atoms. The number of amides is 1. The summed E-state index contributed by atoms with van der Waals surface area (Å²) >= 11 is 0. The Balaban J connectivity index is 2.02. The topological polar surface area (TPSA) is 52.6 Å². The van der Waals surface area contributed by atoms with Crippen LogP contribution >= 0.6 is 0 Å². The van der Waals surface area contributed by atoms with Crippen LogP contribution in [0.3, 0.4) is 0 Å². The van der Waals surface area contributed by atoms with Crippen molar-refractivity contribution in [2.24, 2.45) is 11.8 Å². The maximum atomic E-state index is 12.8. The summed E-state index contributed by atoms with van der Waals surface area (Å²) in [5.41, 5.74) is -2.75. The lowest BCUT2D eigenvalue weighted by Gasteiger charge is -2.42. The second kappa shape index (κ2) is 4.94. The minimum Gasteiger partial charge on any atom is -0.379 e. The molecule has 0 radical (unpaired) electrons. The molecule has 0 aliphatic carbocycles. The quantitative estimate of drug-likeness (QED) is 0.785. The van der Waals surface area contributed by atoms with Crippen LogP contribution in [0.25, 0.3) is 0 Å². The first-order chi connectivity index (χ1) is 8.74. The zero-order valence-corrected chi connectivity index (χ0v) is 10.8. The summed E-state index contributed by atoms with van der Waals surface area (Å²) in [5.74, 6) is -0.390. The number of nitrogens with zero attached hydrogens (tertiary/aromatic N) is 1. The van der Waals surface area contributed by atoms with Crippen LogP contribution in [0.2, 0.25) is 0 Å². The number of carbonyl (C=O) groups is 1. The molecule has 0 aromatic rings. The summed E-state index contributed by atoms with van der Waals surface area (Å²) in [6, 6.07) is 0. The van der Waals surface area contributed by atoms with Crippen molar-refractivity contribution in [1.82, 2.24) is 10.2 Å². The molecule has 2 saturated heterocycles. The second-order valence-electron chi connectivity index (χ2n) is 5.60. The Labute approximate surface area is 110 Å². The van der Waals surface area contributed by atoms with Gasteiger partial charge >= 0.3 is 6.18 Å². The van der Waals surface area contributed by atoms with E-state index in [0.717, 1.165) is 13.1 Å². The summed E-state index contributed by atoms with van der Waals surface area (Å²) in [5, 5.41) is 12.7. The highest BCUT2D eigenvalue weighted by Crippen LogP contribution is 2.37. The maximum Gasteiger partial charge on any atom is 0.418 e. The molecule has 7 heteroatoms. The highest BCUT2D eigenvalue weighted by atomic mass is 19.4. The van der Waals surface area contributed by atoms with Gasteiger partial charge in [-0.05, 0) is 31.8 Å². The summed E-state index contributed by atoms with van der Waals surface area (Å²) in [6.07, 6.45) is -4.84. The molecule has 2 aliphatic rings. The average Bonchev–Trinajstić information content (AvgIpc) is 2.24. The van der Waals surface area contributed by atoms with E-state index >= 15 is 0 Å². The summed E-state index contributed by atoms with van der Waals surface area (Å²) in [7, 11) is 0. The Kier molecular flexibility index (Phi) is 3.79. The number of nitrogens with one attached hydrogen (secondary N) is 1. The Morgan fingerprint density at radius 3 is 2.58 bits per heavy atom. The number of piperidine rings is 1. The number of aliphatic hydroxyl groups is 1. The van der Waals surface area contributed by atoms with Crippen LogP contribution in [-0.2, 0) is 4.79 Å². The molecule has 2 unspecified atom stereocenters. The number of likely N-dealkylation sites (tertiary alicyclic amines) is 1. The molecule has 0 aromatic carbocycles. The molecule has 2 rings (SSSR count). The Bertz CT molecular complexity index is 357. The molecule has 2 heterocycles. The van der Waals surface area contributed by atoms with Crippen molar-refractivity contribution < 1.29 is 23.1 Å². The van der Waals surface area contributed by atoms with Gasteiger partial charge in [0.2, 0.25) is 5.91 Å². The Hall–Kier alpha value is -0.820. The van der Waals surface area contributed by atoms with Crippen LogP contribution in [0.1, 0.15) is 19.8 Å². The third-order valence-electron chi connectivity index (χ3n) is 4.22. The van der Waals surface area contributed by atoms with Crippen molar-refractivity contribution in [3.63, 3.8) is 0 Å². The molecule has 2 fully saturated rings. The fraction of sp³-hybridized carbons (Fsp3) is 0.917. The van der Waals surface area contributed by atoms with Gasteiger partial charge in [-0.1, -0.05) is 6.92 Å². The van der Waals surface area contributed by atoms with E-state index in [1.807, 2.05) is 0 Å². The Morgan fingerprint density at radius 2 is 2.11 bits per heavy atom. The van der Waals surface area contributed by atoms with Crippen molar-refractivity contribution in [1.29, 1.82) is 0 Å². The van der Waals surface area contributed by atoms with E-state index in [2.05, 4.69) is 5.32 Å². The van der Waals surface area contributed by atoms with Gasteiger partial charge < -0.3 is 15.3 Å². The molecular formula is C12H19F3N2O2. The van der Waals surface area contributed by atoms with Crippen molar-refractivity contribution in [3.05, 3.63) is 0 Å². The Morgan fingerprint density at radius 1 is 1.47 bits per heavy atom. The van der Waals surface area contributed by atoms with Crippen molar-refractivity contribution in [3.8, 4) is 0 Å². The van der Waals surface area contributed by atoms with E-state index in [-0.39, 0.29) is 30.6 Å². The van der Waals surface area contributed by atoms with E-state index in [4.69, 9.17) is 0 Å². The van der Waals surface area contributed by atoms with Crippen LogP contribution in [0.4, 0.5) is 13.2 Å². The van der Waals surface area contributed by atoms with Gasteiger partial charge in [0.15, 0.2) is 5.60 Å². The molecule has 1 amide bonds. The molecular weight excluding hydrogens is 261 g/mol. The average molecular weight is 280 g/mol. The first-order valence-corrected chi connectivity index (χ1v) is 6.53. The predicted octanol–water partition coefficient (Wildman–Crippen LogP) is 0.758. The number of hydrogen-bond donors (Lipinski definition) is 2. The van der Waals surface area contributed by atoms with E-state index in [9.17, 15) is 23.1 Å². The van der Waals surface area contributed by atoms with E-state index in [0.29, 0.717) is 6.54 Å². The fourth-order valence-electron chi connectivity index (χ4n) is 2.61. The minimum absolute atomic E-state index is 0.178. The van der Waals surface area contributed by atoms with Crippen LogP contribution in [0, 0.1) is 11.8 Å². The standard InChI is InChI=1S/C12H19F3N2O2/c1-8(9-5-16-6-9)10(18)17-4-2-3-11(19,7-17)12(13,14)15/h8-9,16,19H,2-7H2,1H3. The molecule has 2 N–H and O–H groups in total. The minimum atomic E-state index is -4.69. The summed E-state index contributed by atoms with van der Waals surface area (Å²) in [6.45, 7) is 2.85. The van der Waals surface area contributed by atoms with Crippen LogP contribution < -0.4 is 5.32 Å². The van der Waals surface area contributed by atoms with Crippen LogP contribution in [-0.4, -0.2) is 53.9 Å².